The maximum atomic E-state index is 12.0. The van der Waals surface area contributed by atoms with Crippen molar-refractivity contribution in [1.29, 1.82) is 0 Å². The third kappa shape index (κ3) is 3.76. The topological polar surface area (TPSA) is 89.4 Å². The standard InChI is InChI=1S/C13H19N3O2/c1-9(2)13(18)16(8-12(15)17)7-10-5-3-4-6-11(10)14/h3-6,9H,7-8,14H2,1-2H3,(H2,15,17). The van der Waals surface area contributed by atoms with Gasteiger partial charge in [0, 0.05) is 18.2 Å². The third-order valence-electron chi connectivity index (χ3n) is 2.57. The van der Waals surface area contributed by atoms with Crippen molar-refractivity contribution in [1.82, 2.24) is 4.90 Å². The van der Waals surface area contributed by atoms with E-state index in [2.05, 4.69) is 0 Å². The van der Waals surface area contributed by atoms with Gasteiger partial charge in [0.2, 0.25) is 11.8 Å². The zero-order valence-electron chi connectivity index (χ0n) is 10.7. The fourth-order valence-corrected chi connectivity index (χ4v) is 1.65. The average Bonchev–Trinajstić information content (AvgIpc) is 2.29. The predicted molar refractivity (Wildman–Crippen MR) is 70.3 cm³/mol. The third-order valence-corrected chi connectivity index (χ3v) is 2.57. The quantitative estimate of drug-likeness (QED) is 0.754. The SMILES string of the molecule is CC(C)C(=O)N(CC(N)=O)Cc1ccccc1N. The summed E-state index contributed by atoms with van der Waals surface area (Å²) in [5.74, 6) is -0.829. The van der Waals surface area contributed by atoms with E-state index in [1.807, 2.05) is 18.2 Å². The van der Waals surface area contributed by atoms with E-state index in [1.54, 1.807) is 19.9 Å². The number of nitrogens with two attached hydrogens (primary N) is 2. The highest BCUT2D eigenvalue weighted by Gasteiger charge is 2.19. The van der Waals surface area contributed by atoms with Crippen molar-refractivity contribution in [3.8, 4) is 0 Å². The van der Waals surface area contributed by atoms with Gasteiger partial charge in [-0.3, -0.25) is 9.59 Å². The minimum Gasteiger partial charge on any atom is -0.398 e. The molecule has 2 amide bonds. The first-order chi connectivity index (χ1) is 8.41. The molecule has 0 aliphatic carbocycles. The first-order valence-electron chi connectivity index (χ1n) is 5.82. The molecule has 5 nitrogen and oxygen atoms in total. The number of nitrogen functional groups attached to an aromatic ring is 1. The lowest BCUT2D eigenvalue weighted by molar-refractivity contribution is -0.138. The van der Waals surface area contributed by atoms with Crippen LogP contribution in [0.5, 0.6) is 0 Å². The van der Waals surface area contributed by atoms with Crippen molar-refractivity contribution in [3.63, 3.8) is 0 Å². The number of nitrogens with zero attached hydrogens (tertiary/aromatic N) is 1. The number of primary amides is 1. The Morgan fingerprint density at radius 1 is 1.28 bits per heavy atom. The fourth-order valence-electron chi connectivity index (χ4n) is 1.65. The van der Waals surface area contributed by atoms with Gasteiger partial charge in [0.1, 0.15) is 0 Å². The van der Waals surface area contributed by atoms with Gasteiger partial charge in [-0.25, -0.2) is 0 Å². The van der Waals surface area contributed by atoms with E-state index in [0.717, 1.165) is 5.56 Å². The molecule has 1 aromatic rings. The van der Waals surface area contributed by atoms with Gasteiger partial charge in [-0.2, -0.15) is 0 Å². The molecule has 1 rings (SSSR count). The Balaban J connectivity index is 2.88. The molecule has 1 aromatic carbocycles. The fraction of sp³-hybridized carbons (Fsp3) is 0.385. The van der Waals surface area contributed by atoms with Crippen LogP contribution in [0.3, 0.4) is 0 Å². The molecule has 0 saturated carbocycles. The first kappa shape index (κ1) is 14.0. The molecule has 0 unspecified atom stereocenters. The van der Waals surface area contributed by atoms with Gasteiger partial charge in [-0.15, -0.1) is 0 Å². The molecule has 0 aromatic heterocycles. The molecule has 0 spiro atoms. The average molecular weight is 249 g/mol. The second-order valence-electron chi connectivity index (χ2n) is 4.51. The maximum absolute atomic E-state index is 12.0. The minimum absolute atomic E-state index is 0.0919. The molecule has 0 bridgehead atoms. The molecular weight excluding hydrogens is 230 g/mol. The van der Waals surface area contributed by atoms with Gasteiger partial charge in [-0.05, 0) is 11.6 Å². The molecule has 18 heavy (non-hydrogen) atoms. The van der Waals surface area contributed by atoms with Crippen LogP contribution in [0.2, 0.25) is 0 Å². The Hall–Kier alpha value is -2.04. The summed E-state index contributed by atoms with van der Waals surface area (Å²) in [6.07, 6.45) is 0. The number of para-hydroxylation sites is 1. The summed E-state index contributed by atoms with van der Waals surface area (Å²) >= 11 is 0. The molecule has 5 heteroatoms. The summed E-state index contributed by atoms with van der Waals surface area (Å²) in [5, 5.41) is 0. The summed E-state index contributed by atoms with van der Waals surface area (Å²) in [6.45, 7) is 3.77. The molecule has 0 fully saturated rings. The predicted octanol–water partition coefficient (Wildman–Crippen LogP) is 0.739. The van der Waals surface area contributed by atoms with Crippen molar-refractivity contribution < 1.29 is 9.59 Å². The second kappa shape index (κ2) is 6.05. The molecule has 98 valence electrons. The van der Waals surface area contributed by atoms with E-state index in [9.17, 15) is 9.59 Å². The Labute approximate surface area is 107 Å². The molecule has 0 heterocycles. The van der Waals surface area contributed by atoms with E-state index < -0.39 is 5.91 Å². The summed E-state index contributed by atoms with van der Waals surface area (Å²) in [5.41, 5.74) is 12.4. The van der Waals surface area contributed by atoms with Crippen molar-refractivity contribution in [2.75, 3.05) is 12.3 Å². The van der Waals surface area contributed by atoms with Crippen molar-refractivity contribution in [2.24, 2.45) is 11.7 Å². The van der Waals surface area contributed by atoms with E-state index in [4.69, 9.17) is 11.5 Å². The van der Waals surface area contributed by atoms with Gasteiger partial charge in [0.25, 0.3) is 0 Å². The monoisotopic (exact) mass is 249 g/mol. The van der Waals surface area contributed by atoms with Crippen LogP contribution in [-0.4, -0.2) is 23.3 Å². The van der Waals surface area contributed by atoms with E-state index in [0.29, 0.717) is 12.2 Å². The summed E-state index contributed by atoms with van der Waals surface area (Å²) in [7, 11) is 0. The number of carbonyl (C=O) groups is 2. The van der Waals surface area contributed by atoms with Crippen LogP contribution in [0.25, 0.3) is 0 Å². The maximum Gasteiger partial charge on any atom is 0.237 e. The molecule has 0 aliphatic rings. The lowest BCUT2D eigenvalue weighted by Crippen LogP contribution is -2.40. The van der Waals surface area contributed by atoms with Crippen LogP contribution in [0.4, 0.5) is 5.69 Å². The van der Waals surface area contributed by atoms with E-state index in [-0.39, 0.29) is 18.4 Å². The van der Waals surface area contributed by atoms with Crippen LogP contribution in [0.15, 0.2) is 24.3 Å². The van der Waals surface area contributed by atoms with Gasteiger partial charge in [0.05, 0.1) is 6.54 Å². The molecule has 0 atom stereocenters. The largest absolute Gasteiger partial charge is 0.398 e. The summed E-state index contributed by atoms with van der Waals surface area (Å²) in [6, 6.07) is 7.25. The molecule has 0 aliphatic heterocycles. The molecule has 0 saturated heterocycles. The highest BCUT2D eigenvalue weighted by Crippen LogP contribution is 2.14. The first-order valence-corrected chi connectivity index (χ1v) is 5.82. The lowest BCUT2D eigenvalue weighted by atomic mass is 10.1. The molecular formula is C13H19N3O2. The second-order valence-corrected chi connectivity index (χ2v) is 4.51. The van der Waals surface area contributed by atoms with Crippen LogP contribution in [0.1, 0.15) is 19.4 Å². The number of carbonyl (C=O) groups excluding carboxylic acids is 2. The number of rotatable bonds is 5. The Bertz CT molecular complexity index is 444. The van der Waals surface area contributed by atoms with Gasteiger partial charge < -0.3 is 16.4 Å². The summed E-state index contributed by atoms with van der Waals surface area (Å²) in [4.78, 5) is 24.4. The van der Waals surface area contributed by atoms with Crippen molar-refractivity contribution >= 4 is 17.5 Å². The number of hydrogen-bond donors (Lipinski definition) is 2. The van der Waals surface area contributed by atoms with Gasteiger partial charge in [-0.1, -0.05) is 32.0 Å². The van der Waals surface area contributed by atoms with Crippen LogP contribution < -0.4 is 11.5 Å². The lowest BCUT2D eigenvalue weighted by Gasteiger charge is -2.23. The number of hydrogen-bond acceptors (Lipinski definition) is 3. The van der Waals surface area contributed by atoms with E-state index >= 15 is 0 Å². The Kier molecular flexibility index (Phi) is 4.71. The normalized spacial score (nSPS) is 10.4. The van der Waals surface area contributed by atoms with Gasteiger partial charge in [0.15, 0.2) is 0 Å². The minimum atomic E-state index is -0.529. The zero-order chi connectivity index (χ0) is 13.7. The Morgan fingerprint density at radius 3 is 2.39 bits per heavy atom. The Morgan fingerprint density at radius 2 is 1.89 bits per heavy atom. The number of anilines is 1. The smallest absolute Gasteiger partial charge is 0.237 e. The van der Waals surface area contributed by atoms with Crippen LogP contribution >= 0.6 is 0 Å². The zero-order valence-corrected chi connectivity index (χ0v) is 10.7. The number of benzene rings is 1. The highest BCUT2D eigenvalue weighted by atomic mass is 16.2. The molecule has 4 N–H and O–H groups in total. The number of amides is 2. The van der Waals surface area contributed by atoms with Crippen molar-refractivity contribution in [2.45, 2.75) is 20.4 Å². The van der Waals surface area contributed by atoms with Crippen LogP contribution in [0, 0.1) is 5.92 Å². The molecule has 0 radical (unpaired) electrons. The van der Waals surface area contributed by atoms with Gasteiger partial charge >= 0.3 is 0 Å². The highest BCUT2D eigenvalue weighted by molar-refractivity contribution is 5.84. The summed E-state index contributed by atoms with van der Waals surface area (Å²) < 4.78 is 0. The van der Waals surface area contributed by atoms with Crippen molar-refractivity contribution in [3.05, 3.63) is 29.8 Å². The van der Waals surface area contributed by atoms with E-state index in [1.165, 1.54) is 4.90 Å². The van der Waals surface area contributed by atoms with Crippen LogP contribution in [-0.2, 0) is 16.1 Å².